The monoisotopic (exact) mass is 510 g/mol. The zero-order valence-electron chi connectivity index (χ0n) is 20.9. The quantitative estimate of drug-likeness (QED) is 0.300. The number of H-pyrrole nitrogens is 1. The highest BCUT2D eigenvalue weighted by Gasteiger charge is 2.58. The van der Waals surface area contributed by atoms with Crippen molar-refractivity contribution in [1.29, 1.82) is 0 Å². The van der Waals surface area contributed by atoms with Gasteiger partial charge in [-0.3, -0.25) is 9.69 Å². The number of fused-ring (bicyclic) bond motifs is 4. The van der Waals surface area contributed by atoms with Crippen molar-refractivity contribution in [2.24, 2.45) is 11.8 Å². The predicted molar refractivity (Wildman–Crippen MR) is 134 cm³/mol. The molecule has 6 heterocycles. The van der Waals surface area contributed by atoms with Gasteiger partial charge in [-0.25, -0.2) is 0 Å². The van der Waals surface area contributed by atoms with E-state index in [1.54, 1.807) is 13.0 Å². The number of ketones is 1. The lowest BCUT2D eigenvalue weighted by Gasteiger charge is -2.61. The molecule has 2 unspecified atom stereocenters. The first kappa shape index (κ1) is 24.9. The molecule has 1 aromatic heterocycles. The van der Waals surface area contributed by atoms with Crippen molar-refractivity contribution in [2.75, 3.05) is 6.61 Å². The number of piperidine rings is 3. The molecule has 4 bridgehead atoms. The Morgan fingerprint density at radius 1 is 1.22 bits per heavy atom. The van der Waals surface area contributed by atoms with Crippen molar-refractivity contribution in [1.82, 2.24) is 9.88 Å². The van der Waals surface area contributed by atoms with Gasteiger partial charge < -0.3 is 34.9 Å². The summed E-state index contributed by atoms with van der Waals surface area (Å²) in [5.74, 6) is 0.214. The van der Waals surface area contributed by atoms with E-state index in [9.17, 15) is 25.2 Å². The van der Waals surface area contributed by atoms with E-state index in [-0.39, 0.29) is 29.7 Å². The van der Waals surface area contributed by atoms with Crippen LogP contribution in [0.5, 0.6) is 0 Å². The van der Waals surface area contributed by atoms with Crippen molar-refractivity contribution >= 4 is 16.7 Å². The van der Waals surface area contributed by atoms with Gasteiger partial charge >= 0.3 is 0 Å². The second-order valence-corrected chi connectivity index (χ2v) is 10.7. The van der Waals surface area contributed by atoms with E-state index < -0.39 is 43.5 Å². The minimum absolute atomic E-state index is 0.00716. The molecule has 0 radical (unpaired) electrons. The Bertz CT molecular complexity index is 1250. The number of aromatic nitrogens is 1. The number of carbonyl (C=O) groups is 1. The number of aliphatic hydroxyl groups is 4. The molecule has 37 heavy (non-hydrogen) atoms. The second kappa shape index (κ2) is 9.43. The van der Waals surface area contributed by atoms with Gasteiger partial charge in [0.1, 0.15) is 30.6 Å². The molecule has 5 aliphatic heterocycles. The van der Waals surface area contributed by atoms with Gasteiger partial charge in [0.25, 0.3) is 0 Å². The molecule has 5 aliphatic rings. The van der Waals surface area contributed by atoms with E-state index in [0.29, 0.717) is 0 Å². The number of para-hydroxylation sites is 1. The van der Waals surface area contributed by atoms with Gasteiger partial charge in [-0.1, -0.05) is 30.4 Å². The molecule has 0 aliphatic carbocycles. The molecule has 9 heteroatoms. The smallest absolute Gasteiger partial charge is 0.188 e. The van der Waals surface area contributed by atoms with Crippen LogP contribution in [-0.2, 0) is 20.7 Å². The summed E-state index contributed by atoms with van der Waals surface area (Å²) in [5.41, 5.74) is 4.57. The number of carbonyl (C=O) groups excluding carboxylic acids is 1. The van der Waals surface area contributed by atoms with E-state index in [0.717, 1.165) is 29.6 Å². The van der Waals surface area contributed by atoms with Gasteiger partial charge in [-0.2, -0.15) is 0 Å². The van der Waals surface area contributed by atoms with E-state index in [1.807, 2.05) is 31.2 Å². The predicted octanol–water partition coefficient (Wildman–Crippen LogP) is 1.32. The standard InChI is InChI=1S/C28H34N2O7/c1-3-14-17-10-21-23-18(15-6-4-5-7-19(15)29-23)11-20(16(17)9-8-13(2)32)30(21)27(14)37-28-26(35)25(34)24(33)22(12-31)36-28/h3-9,16-17,20-22,24-29,31,33-35H,10-12H2,1-2H3/b9-8+,14-3+/t16?,17-,20+,21+,22-,24-,25+,26-,27-,28+/m1/s1. The molecule has 0 spiro atoms. The molecule has 5 N–H and O–H groups in total. The van der Waals surface area contributed by atoms with Gasteiger partial charge in [0, 0.05) is 22.6 Å². The van der Waals surface area contributed by atoms with Crippen molar-refractivity contribution in [3.05, 3.63) is 59.3 Å². The summed E-state index contributed by atoms with van der Waals surface area (Å²) in [6.07, 6.45) is 0.0923. The first-order chi connectivity index (χ1) is 17.8. The topological polar surface area (TPSA) is 135 Å². The summed E-state index contributed by atoms with van der Waals surface area (Å²) in [4.78, 5) is 17.8. The Morgan fingerprint density at radius 3 is 2.73 bits per heavy atom. The Balaban J connectivity index is 1.41. The molecule has 0 saturated carbocycles. The van der Waals surface area contributed by atoms with E-state index in [4.69, 9.17) is 9.47 Å². The van der Waals surface area contributed by atoms with Crippen molar-refractivity contribution in [3.63, 3.8) is 0 Å². The van der Waals surface area contributed by atoms with Crippen LogP contribution in [0.4, 0.5) is 0 Å². The zero-order chi connectivity index (χ0) is 26.0. The third-order valence-corrected chi connectivity index (χ3v) is 8.70. The normalized spacial score (nSPS) is 42.0. The van der Waals surface area contributed by atoms with Crippen LogP contribution in [0.15, 0.2) is 48.1 Å². The van der Waals surface area contributed by atoms with Crippen LogP contribution in [0.1, 0.15) is 37.6 Å². The van der Waals surface area contributed by atoms with Crippen LogP contribution in [0, 0.1) is 11.8 Å². The Hall–Kier alpha value is -2.37. The van der Waals surface area contributed by atoms with E-state index >= 15 is 0 Å². The largest absolute Gasteiger partial charge is 0.394 e. The van der Waals surface area contributed by atoms with Crippen LogP contribution in [0.2, 0.25) is 0 Å². The van der Waals surface area contributed by atoms with Gasteiger partial charge in [0.05, 0.1) is 12.6 Å². The number of allylic oxidation sites excluding steroid dienone is 2. The van der Waals surface area contributed by atoms with Crippen molar-refractivity contribution in [3.8, 4) is 0 Å². The Labute approximate surface area is 215 Å². The zero-order valence-corrected chi connectivity index (χ0v) is 20.9. The lowest BCUT2D eigenvalue weighted by Crippen LogP contribution is -2.67. The maximum atomic E-state index is 11.9. The van der Waals surface area contributed by atoms with Crippen molar-refractivity contribution < 1.29 is 34.7 Å². The summed E-state index contributed by atoms with van der Waals surface area (Å²) < 4.78 is 12.2. The number of rotatable bonds is 5. The van der Waals surface area contributed by atoms with E-state index in [1.165, 1.54) is 10.9 Å². The fraction of sp³-hybridized carbons (Fsp3) is 0.536. The summed E-state index contributed by atoms with van der Waals surface area (Å²) in [6.45, 7) is 3.00. The molecule has 4 fully saturated rings. The molecule has 7 rings (SSSR count). The number of aromatic amines is 1. The summed E-state index contributed by atoms with van der Waals surface area (Å²) in [6, 6.07) is 8.36. The molecule has 9 nitrogen and oxygen atoms in total. The highest BCUT2D eigenvalue weighted by atomic mass is 16.7. The first-order valence-electron chi connectivity index (χ1n) is 13.0. The molecule has 0 amide bonds. The van der Waals surface area contributed by atoms with Crippen molar-refractivity contribution in [2.45, 2.75) is 75.7 Å². The third kappa shape index (κ3) is 3.84. The number of hydrogen-bond acceptors (Lipinski definition) is 8. The van der Waals surface area contributed by atoms with Gasteiger partial charge in [0.2, 0.25) is 0 Å². The molecule has 11 atom stereocenters. The Kier molecular flexibility index (Phi) is 6.35. The minimum atomic E-state index is -1.51. The molecular formula is C28H34N2O7. The lowest BCUT2D eigenvalue weighted by molar-refractivity contribution is -0.330. The number of nitrogens with zero attached hydrogens (tertiary/aromatic N) is 1. The SMILES string of the molecule is C/C=C1\[C@H]2C[C@H]3c4[nH]c5ccccc5c4C[C@@H](C2/C=C/C(C)=O)N3[C@@H]1O[C@@H]1O[C@H](CO)[C@@H](O)[C@H](O)[C@H]1O. The Morgan fingerprint density at radius 2 is 2.00 bits per heavy atom. The minimum Gasteiger partial charge on any atom is -0.394 e. The number of nitrogens with one attached hydrogen (secondary N) is 1. The van der Waals surface area contributed by atoms with Crippen LogP contribution in [0.3, 0.4) is 0 Å². The maximum absolute atomic E-state index is 11.9. The van der Waals surface area contributed by atoms with Gasteiger partial charge in [-0.15, -0.1) is 0 Å². The number of aliphatic hydroxyl groups excluding tert-OH is 4. The number of hydrogen-bond donors (Lipinski definition) is 5. The van der Waals surface area contributed by atoms with E-state index in [2.05, 4.69) is 22.0 Å². The molecule has 198 valence electrons. The molecule has 1 aromatic carbocycles. The highest BCUT2D eigenvalue weighted by Crippen LogP contribution is 2.57. The molecule has 2 aromatic rings. The maximum Gasteiger partial charge on any atom is 0.188 e. The van der Waals surface area contributed by atoms with Crippen LogP contribution >= 0.6 is 0 Å². The average molecular weight is 511 g/mol. The van der Waals surface area contributed by atoms with Gasteiger partial charge in [0.15, 0.2) is 12.1 Å². The van der Waals surface area contributed by atoms with Crippen LogP contribution in [0.25, 0.3) is 10.9 Å². The number of benzene rings is 1. The molecular weight excluding hydrogens is 476 g/mol. The number of ether oxygens (including phenoxy) is 2. The summed E-state index contributed by atoms with van der Waals surface area (Å²) in [5, 5.41) is 42.1. The average Bonchev–Trinajstić information content (AvgIpc) is 3.27. The summed E-state index contributed by atoms with van der Waals surface area (Å²) >= 11 is 0. The highest BCUT2D eigenvalue weighted by molar-refractivity contribution is 5.87. The molecule has 4 saturated heterocycles. The third-order valence-electron chi connectivity index (χ3n) is 8.70. The van der Waals surface area contributed by atoms with Gasteiger partial charge in [-0.05, 0) is 61.8 Å². The lowest BCUT2D eigenvalue weighted by atomic mass is 9.63. The second-order valence-electron chi connectivity index (χ2n) is 10.7. The fourth-order valence-electron chi connectivity index (χ4n) is 7.03. The fourth-order valence-corrected chi connectivity index (χ4v) is 7.03. The van der Waals surface area contributed by atoms with Crippen LogP contribution in [-0.4, -0.2) is 85.7 Å². The first-order valence-corrected chi connectivity index (χ1v) is 13.0. The summed E-state index contributed by atoms with van der Waals surface area (Å²) in [7, 11) is 0. The van der Waals surface area contributed by atoms with Crippen LogP contribution < -0.4 is 0 Å².